The van der Waals surface area contributed by atoms with Crippen molar-refractivity contribution in [2.45, 2.75) is 26.3 Å². The number of methoxy groups -OCH3 is 1. The Kier molecular flexibility index (Phi) is 8.72. The molecule has 1 aliphatic heterocycles. The van der Waals surface area contributed by atoms with Crippen LogP contribution in [-0.2, 0) is 16.1 Å². The highest BCUT2D eigenvalue weighted by Crippen LogP contribution is 2.27. The molecule has 1 aliphatic rings. The summed E-state index contributed by atoms with van der Waals surface area (Å²) in [5.74, 6) is 0.928. The first-order valence-corrected chi connectivity index (χ1v) is 11.6. The van der Waals surface area contributed by atoms with Gasteiger partial charge in [0.2, 0.25) is 11.8 Å². The van der Waals surface area contributed by atoms with Gasteiger partial charge < -0.3 is 24.3 Å². The van der Waals surface area contributed by atoms with Gasteiger partial charge in [0.15, 0.2) is 0 Å². The Labute approximate surface area is 197 Å². The Morgan fingerprint density at radius 1 is 1.00 bits per heavy atom. The van der Waals surface area contributed by atoms with Crippen molar-refractivity contribution in [2.24, 2.45) is 0 Å². The number of ether oxygens (including phenoxy) is 1. The number of amides is 2. The molecular formula is C26H36N4O3. The summed E-state index contributed by atoms with van der Waals surface area (Å²) in [6, 6.07) is 15.8. The molecule has 0 aromatic heterocycles. The second-order valence-corrected chi connectivity index (χ2v) is 8.61. The summed E-state index contributed by atoms with van der Waals surface area (Å²) in [4.78, 5) is 33.8. The van der Waals surface area contributed by atoms with Gasteiger partial charge >= 0.3 is 0 Å². The number of carbonyl (C=O) groups excluding carboxylic acids is 2. The zero-order valence-corrected chi connectivity index (χ0v) is 20.3. The van der Waals surface area contributed by atoms with Crippen LogP contribution in [0.4, 0.5) is 11.4 Å². The molecule has 0 spiro atoms. The Morgan fingerprint density at radius 3 is 2.48 bits per heavy atom. The van der Waals surface area contributed by atoms with E-state index in [4.69, 9.17) is 4.74 Å². The lowest BCUT2D eigenvalue weighted by molar-refractivity contribution is -0.131. The zero-order chi connectivity index (χ0) is 23.8. The third-order valence-electron chi connectivity index (χ3n) is 6.21. The van der Waals surface area contributed by atoms with E-state index in [0.717, 1.165) is 42.2 Å². The number of anilines is 2. The monoisotopic (exact) mass is 452 g/mol. The van der Waals surface area contributed by atoms with Crippen molar-refractivity contribution >= 4 is 23.2 Å². The van der Waals surface area contributed by atoms with Gasteiger partial charge in [-0.05, 0) is 43.8 Å². The third-order valence-corrected chi connectivity index (χ3v) is 6.21. The summed E-state index contributed by atoms with van der Waals surface area (Å²) in [6.07, 6.45) is 1.29. The highest BCUT2D eigenvalue weighted by molar-refractivity contribution is 5.92. The topological polar surface area (TPSA) is 56.3 Å². The van der Waals surface area contributed by atoms with Gasteiger partial charge in [-0.1, -0.05) is 30.3 Å². The molecule has 0 aliphatic carbocycles. The fourth-order valence-corrected chi connectivity index (χ4v) is 4.24. The van der Waals surface area contributed by atoms with E-state index >= 15 is 0 Å². The average molecular weight is 453 g/mol. The first kappa shape index (κ1) is 24.6. The van der Waals surface area contributed by atoms with Crippen LogP contribution >= 0.6 is 0 Å². The minimum atomic E-state index is 0.0284. The molecular weight excluding hydrogens is 416 g/mol. The molecule has 0 radical (unpaired) electrons. The molecule has 178 valence electrons. The van der Waals surface area contributed by atoms with Crippen molar-refractivity contribution in [3.05, 3.63) is 54.1 Å². The molecule has 2 amide bonds. The van der Waals surface area contributed by atoms with Gasteiger partial charge in [0.25, 0.3) is 0 Å². The van der Waals surface area contributed by atoms with Crippen molar-refractivity contribution in [2.75, 3.05) is 63.7 Å². The maximum Gasteiger partial charge on any atom is 0.224 e. The number of hydrogen-bond donors (Lipinski definition) is 0. The van der Waals surface area contributed by atoms with Crippen molar-refractivity contribution in [1.29, 1.82) is 0 Å². The van der Waals surface area contributed by atoms with E-state index in [1.54, 1.807) is 14.0 Å². The molecule has 0 fully saturated rings. The fraction of sp³-hybridized carbons (Fsp3) is 0.462. The van der Waals surface area contributed by atoms with Gasteiger partial charge in [-0.2, -0.15) is 0 Å². The van der Waals surface area contributed by atoms with Gasteiger partial charge in [-0.15, -0.1) is 0 Å². The first-order valence-electron chi connectivity index (χ1n) is 11.6. The number of rotatable bonds is 5. The van der Waals surface area contributed by atoms with E-state index in [1.807, 2.05) is 65.4 Å². The van der Waals surface area contributed by atoms with Crippen LogP contribution in [0.2, 0.25) is 0 Å². The van der Waals surface area contributed by atoms with Gasteiger partial charge in [0.1, 0.15) is 5.75 Å². The maximum absolute atomic E-state index is 13.3. The number of nitrogens with zero attached hydrogens (tertiary/aromatic N) is 4. The lowest BCUT2D eigenvalue weighted by Gasteiger charge is -2.28. The molecule has 2 aromatic rings. The summed E-state index contributed by atoms with van der Waals surface area (Å²) in [5.41, 5.74) is 2.87. The van der Waals surface area contributed by atoms with E-state index in [9.17, 15) is 9.59 Å². The Bertz CT molecular complexity index is 949. The van der Waals surface area contributed by atoms with E-state index in [-0.39, 0.29) is 11.8 Å². The summed E-state index contributed by atoms with van der Waals surface area (Å²) in [5, 5.41) is 0. The Morgan fingerprint density at radius 2 is 1.73 bits per heavy atom. The molecule has 33 heavy (non-hydrogen) atoms. The lowest BCUT2D eigenvalue weighted by Crippen LogP contribution is -2.38. The number of hydrogen-bond acceptors (Lipinski definition) is 5. The molecule has 0 N–H and O–H groups in total. The molecule has 1 heterocycles. The van der Waals surface area contributed by atoms with Gasteiger partial charge in [-0.3, -0.25) is 9.59 Å². The van der Waals surface area contributed by atoms with Crippen molar-refractivity contribution in [3.8, 4) is 5.75 Å². The zero-order valence-electron chi connectivity index (χ0n) is 20.3. The minimum Gasteiger partial charge on any atom is -0.495 e. The molecule has 3 rings (SSSR count). The van der Waals surface area contributed by atoms with Crippen LogP contribution in [0.15, 0.2) is 48.5 Å². The van der Waals surface area contributed by atoms with Crippen molar-refractivity contribution in [1.82, 2.24) is 9.80 Å². The highest BCUT2D eigenvalue weighted by atomic mass is 16.5. The predicted octanol–water partition coefficient (Wildman–Crippen LogP) is 3.24. The second-order valence-electron chi connectivity index (χ2n) is 8.61. The number of fused-ring (bicyclic) bond motifs is 1. The number of para-hydroxylation sites is 3. The van der Waals surface area contributed by atoms with E-state index < -0.39 is 0 Å². The van der Waals surface area contributed by atoms with Crippen molar-refractivity contribution in [3.63, 3.8) is 0 Å². The molecule has 2 aromatic carbocycles. The predicted molar refractivity (Wildman–Crippen MR) is 133 cm³/mol. The highest BCUT2D eigenvalue weighted by Gasteiger charge is 2.22. The summed E-state index contributed by atoms with van der Waals surface area (Å²) < 4.78 is 5.46. The van der Waals surface area contributed by atoms with E-state index in [1.165, 1.54) is 0 Å². The number of carbonyl (C=O) groups is 2. The average Bonchev–Trinajstić information content (AvgIpc) is 2.85. The smallest absolute Gasteiger partial charge is 0.224 e. The second kappa shape index (κ2) is 11.7. The van der Waals surface area contributed by atoms with Gasteiger partial charge in [-0.25, -0.2) is 0 Å². The van der Waals surface area contributed by atoms with Crippen LogP contribution < -0.4 is 14.5 Å². The van der Waals surface area contributed by atoms with Crippen LogP contribution in [0.3, 0.4) is 0 Å². The summed E-state index contributed by atoms with van der Waals surface area (Å²) in [6.45, 7) is 5.70. The molecule has 0 saturated heterocycles. The molecule has 0 unspecified atom stereocenters. The standard InChI is InChI=1S/C26H36N4O3/c1-21(31)30-16-9-15-27(2)18-19-29(20-22-10-5-6-11-23(22)30)26(32)14-17-28(3)24-12-7-8-13-25(24)33-4/h5-8,10-13H,9,14-20H2,1-4H3. The normalized spacial score (nSPS) is 15.4. The molecule has 0 bridgehead atoms. The largest absolute Gasteiger partial charge is 0.495 e. The molecule has 0 atom stereocenters. The van der Waals surface area contributed by atoms with Crippen molar-refractivity contribution < 1.29 is 14.3 Å². The van der Waals surface area contributed by atoms with Crippen LogP contribution in [0.25, 0.3) is 0 Å². The SMILES string of the molecule is COc1ccccc1N(C)CCC(=O)N1CCN(C)CCCN(C(C)=O)c2ccccc2C1. The summed E-state index contributed by atoms with van der Waals surface area (Å²) in [7, 11) is 5.71. The fourth-order valence-electron chi connectivity index (χ4n) is 4.24. The van der Waals surface area contributed by atoms with Crippen LogP contribution in [-0.4, -0.2) is 75.5 Å². The molecule has 0 saturated carbocycles. The van der Waals surface area contributed by atoms with Crippen LogP contribution in [0.1, 0.15) is 25.3 Å². The quantitative estimate of drug-likeness (QED) is 0.697. The van der Waals surface area contributed by atoms with Gasteiger partial charge in [0, 0.05) is 58.8 Å². The third kappa shape index (κ3) is 6.48. The van der Waals surface area contributed by atoms with E-state index in [0.29, 0.717) is 32.6 Å². The Balaban J connectivity index is 1.77. The maximum atomic E-state index is 13.3. The Hall–Kier alpha value is -3.06. The molecule has 7 heteroatoms. The van der Waals surface area contributed by atoms with E-state index in [2.05, 4.69) is 16.8 Å². The lowest BCUT2D eigenvalue weighted by atomic mass is 10.1. The number of benzene rings is 2. The summed E-state index contributed by atoms with van der Waals surface area (Å²) >= 11 is 0. The van der Waals surface area contributed by atoms with Crippen LogP contribution in [0.5, 0.6) is 5.75 Å². The van der Waals surface area contributed by atoms with Gasteiger partial charge in [0.05, 0.1) is 12.8 Å². The first-order chi connectivity index (χ1) is 15.9. The van der Waals surface area contributed by atoms with Crippen LogP contribution in [0, 0.1) is 0 Å². The molecule has 7 nitrogen and oxygen atoms in total. The number of likely N-dealkylation sites (N-methyl/N-ethyl adjacent to an activating group) is 1. The minimum absolute atomic E-state index is 0.0284.